The van der Waals surface area contributed by atoms with Crippen LogP contribution in [0, 0.1) is 0 Å². The summed E-state index contributed by atoms with van der Waals surface area (Å²) in [7, 11) is 0. The van der Waals surface area contributed by atoms with E-state index in [4.69, 9.17) is 33.7 Å². The first-order valence-corrected chi connectivity index (χ1v) is 8.54. The van der Waals surface area contributed by atoms with E-state index in [0.717, 1.165) is 30.5 Å². The normalized spacial score (nSPS) is 15.7. The smallest absolute Gasteiger partial charge is 0.258 e. The number of carbonyl (C=O) groups excluding carboxylic acids is 1. The van der Waals surface area contributed by atoms with Crippen molar-refractivity contribution >= 4 is 47.2 Å². The Morgan fingerprint density at radius 2 is 2.04 bits per heavy atom. The molecule has 2 aromatic rings. The first kappa shape index (κ1) is 19.7. The molecule has 0 spiro atoms. The third-order valence-electron chi connectivity index (χ3n) is 4.07. The van der Waals surface area contributed by atoms with Gasteiger partial charge in [0.15, 0.2) is 6.61 Å². The van der Waals surface area contributed by atoms with E-state index in [1.807, 2.05) is 18.2 Å². The van der Waals surface area contributed by atoms with Crippen LogP contribution in [0.25, 0.3) is 0 Å². The number of ether oxygens (including phenoxy) is 1. The van der Waals surface area contributed by atoms with Crippen LogP contribution < -0.4 is 15.8 Å². The van der Waals surface area contributed by atoms with Crippen LogP contribution in [-0.2, 0) is 11.2 Å². The van der Waals surface area contributed by atoms with Crippen molar-refractivity contribution in [1.82, 2.24) is 5.32 Å². The Kier molecular flexibility index (Phi) is 6.82. The molecule has 0 bridgehead atoms. The highest BCUT2D eigenvalue weighted by atomic mass is 35.5. The molecule has 134 valence electrons. The van der Waals surface area contributed by atoms with Gasteiger partial charge in [0.2, 0.25) is 0 Å². The van der Waals surface area contributed by atoms with Gasteiger partial charge in [-0.05, 0) is 54.7 Å². The van der Waals surface area contributed by atoms with E-state index in [1.165, 1.54) is 5.56 Å². The number of hydrogen-bond donors (Lipinski definition) is 2. The van der Waals surface area contributed by atoms with Gasteiger partial charge in [0.05, 0.1) is 11.1 Å². The van der Waals surface area contributed by atoms with Crippen molar-refractivity contribution in [2.24, 2.45) is 0 Å². The van der Waals surface area contributed by atoms with Crippen molar-refractivity contribution in [3.8, 4) is 5.75 Å². The number of anilines is 1. The number of benzene rings is 2. The average Bonchev–Trinajstić information content (AvgIpc) is 2.55. The Labute approximate surface area is 163 Å². The number of nitrogen functional groups attached to an aromatic ring is 1. The summed E-state index contributed by atoms with van der Waals surface area (Å²) in [6.07, 6.45) is 2.91. The number of nitrogens with one attached hydrogen (secondary N) is 1. The van der Waals surface area contributed by atoms with Gasteiger partial charge in [0.1, 0.15) is 5.75 Å². The SMILES string of the molecule is Cl.Nc1ccc2c(c1)CCCC2NC(=O)COc1cc(Cl)ccc1Cl. The van der Waals surface area contributed by atoms with Crippen LogP contribution in [0.4, 0.5) is 5.69 Å². The molecular formula is C18H19Cl3N2O2. The lowest BCUT2D eigenvalue weighted by Crippen LogP contribution is -2.34. The van der Waals surface area contributed by atoms with Crippen molar-refractivity contribution in [3.63, 3.8) is 0 Å². The molecular weight excluding hydrogens is 383 g/mol. The quantitative estimate of drug-likeness (QED) is 0.738. The number of halogens is 3. The van der Waals surface area contributed by atoms with E-state index < -0.39 is 0 Å². The molecule has 0 radical (unpaired) electrons. The van der Waals surface area contributed by atoms with Gasteiger partial charge < -0.3 is 15.8 Å². The molecule has 3 rings (SSSR count). The molecule has 4 nitrogen and oxygen atoms in total. The zero-order valence-corrected chi connectivity index (χ0v) is 15.8. The topological polar surface area (TPSA) is 64.3 Å². The summed E-state index contributed by atoms with van der Waals surface area (Å²) in [5, 5.41) is 3.95. The maximum Gasteiger partial charge on any atom is 0.258 e. The molecule has 1 aliphatic rings. The number of rotatable bonds is 4. The molecule has 7 heteroatoms. The molecule has 0 aromatic heterocycles. The Morgan fingerprint density at radius 3 is 2.84 bits per heavy atom. The van der Waals surface area contributed by atoms with Crippen LogP contribution in [0.3, 0.4) is 0 Å². The highest BCUT2D eigenvalue weighted by Gasteiger charge is 2.22. The molecule has 0 aliphatic heterocycles. The van der Waals surface area contributed by atoms with Gasteiger partial charge in [-0.2, -0.15) is 0 Å². The Bertz CT molecular complexity index is 768. The van der Waals surface area contributed by atoms with Crippen LogP contribution >= 0.6 is 35.6 Å². The number of hydrogen-bond acceptors (Lipinski definition) is 3. The minimum atomic E-state index is -0.194. The molecule has 0 heterocycles. The molecule has 2 aromatic carbocycles. The van der Waals surface area contributed by atoms with Crippen molar-refractivity contribution in [2.75, 3.05) is 12.3 Å². The van der Waals surface area contributed by atoms with E-state index in [9.17, 15) is 4.79 Å². The van der Waals surface area contributed by atoms with E-state index in [-0.39, 0.29) is 31.0 Å². The van der Waals surface area contributed by atoms with Crippen molar-refractivity contribution in [2.45, 2.75) is 25.3 Å². The number of aryl methyl sites for hydroxylation is 1. The number of fused-ring (bicyclic) bond motifs is 1. The molecule has 1 aliphatic carbocycles. The lowest BCUT2D eigenvalue weighted by atomic mass is 9.87. The van der Waals surface area contributed by atoms with Gasteiger partial charge in [-0.3, -0.25) is 4.79 Å². The zero-order chi connectivity index (χ0) is 17.1. The fourth-order valence-electron chi connectivity index (χ4n) is 2.95. The second kappa shape index (κ2) is 8.65. The second-order valence-electron chi connectivity index (χ2n) is 5.83. The predicted octanol–water partition coefficient (Wildman–Crippen LogP) is 4.57. The largest absolute Gasteiger partial charge is 0.482 e. The predicted molar refractivity (Wildman–Crippen MR) is 104 cm³/mol. The fourth-order valence-corrected chi connectivity index (χ4v) is 3.29. The highest BCUT2D eigenvalue weighted by Crippen LogP contribution is 2.31. The first-order valence-electron chi connectivity index (χ1n) is 7.78. The lowest BCUT2D eigenvalue weighted by molar-refractivity contribution is -0.123. The second-order valence-corrected chi connectivity index (χ2v) is 6.68. The van der Waals surface area contributed by atoms with Crippen LogP contribution in [0.1, 0.15) is 30.0 Å². The Hall–Kier alpha value is -1.62. The van der Waals surface area contributed by atoms with Gasteiger partial charge in [-0.15, -0.1) is 12.4 Å². The van der Waals surface area contributed by atoms with Gasteiger partial charge in [-0.25, -0.2) is 0 Å². The Morgan fingerprint density at radius 1 is 1.24 bits per heavy atom. The van der Waals surface area contributed by atoms with Crippen molar-refractivity contribution < 1.29 is 9.53 Å². The van der Waals surface area contributed by atoms with Crippen molar-refractivity contribution in [3.05, 3.63) is 57.6 Å². The molecule has 1 atom stereocenters. The van der Waals surface area contributed by atoms with Crippen LogP contribution in [-0.4, -0.2) is 12.5 Å². The molecule has 25 heavy (non-hydrogen) atoms. The summed E-state index contributed by atoms with van der Waals surface area (Å²) in [5.41, 5.74) is 8.91. The number of carbonyl (C=O) groups is 1. The maximum atomic E-state index is 12.2. The molecule has 1 unspecified atom stereocenters. The molecule has 1 amide bonds. The van der Waals surface area contributed by atoms with E-state index in [1.54, 1.807) is 18.2 Å². The summed E-state index contributed by atoms with van der Waals surface area (Å²) in [6.45, 7) is -0.110. The third kappa shape index (κ3) is 4.94. The summed E-state index contributed by atoms with van der Waals surface area (Å²) in [5.74, 6) is 0.205. The lowest BCUT2D eigenvalue weighted by Gasteiger charge is -2.26. The van der Waals surface area contributed by atoms with Gasteiger partial charge in [0.25, 0.3) is 5.91 Å². The van der Waals surface area contributed by atoms with E-state index >= 15 is 0 Å². The van der Waals surface area contributed by atoms with Gasteiger partial charge >= 0.3 is 0 Å². The summed E-state index contributed by atoms with van der Waals surface area (Å²) < 4.78 is 5.48. The molecule has 0 saturated carbocycles. The summed E-state index contributed by atoms with van der Waals surface area (Å²) in [4.78, 5) is 12.2. The Balaban J connectivity index is 0.00000225. The molecule has 0 saturated heterocycles. The van der Waals surface area contributed by atoms with Gasteiger partial charge in [-0.1, -0.05) is 29.3 Å². The zero-order valence-electron chi connectivity index (χ0n) is 13.4. The third-order valence-corrected chi connectivity index (χ3v) is 4.62. The van der Waals surface area contributed by atoms with Crippen LogP contribution in [0.5, 0.6) is 5.75 Å². The average molecular weight is 402 g/mol. The fraction of sp³-hybridized carbons (Fsp3) is 0.278. The molecule has 0 fully saturated rings. The van der Waals surface area contributed by atoms with E-state index in [2.05, 4.69) is 5.32 Å². The minimum Gasteiger partial charge on any atom is -0.482 e. The van der Waals surface area contributed by atoms with Crippen LogP contribution in [0.15, 0.2) is 36.4 Å². The molecule has 3 N–H and O–H groups in total. The van der Waals surface area contributed by atoms with Crippen molar-refractivity contribution in [1.29, 1.82) is 0 Å². The first-order chi connectivity index (χ1) is 11.5. The minimum absolute atomic E-state index is 0. The number of amides is 1. The summed E-state index contributed by atoms with van der Waals surface area (Å²) >= 11 is 11.9. The maximum absolute atomic E-state index is 12.2. The highest BCUT2D eigenvalue weighted by molar-refractivity contribution is 6.34. The van der Waals surface area contributed by atoms with Crippen LogP contribution in [0.2, 0.25) is 10.0 Å². The van der Waals surface area contributed by atoms with E-state index in [0.29, 0.717) is 15.8 Å². The number of nitrogens with two attached hydrogens (primary N) is 1. The monoisotopic (exact) mass is 400 g/mol. The van der Waals surface area contributed by atoms with Gasteiger partial charge in [0, 0.05) is 16.8 Å². The standard InChI is InChI=1S/C18H18Cl2N2O2.ClH/c19-12-4-7-15(20)17(9-12)24-10-18(23)22-16-3-1-2-11-8-13(21)5-6-14(11)16;/h4-9,16H,1-3,10,21H2,(H,22,23);1H. The summed E-state index contributed by atoms with van der Waals surface area (Å²) in [6, 6.07) is 10.7.